The molecule has 1 unspecified atom stereocenters. The van der Waals surface area contributed by atoms with Crippen molar-refractivity contribution in [1.29, 1.82) is 0 Å². The molecule has 0 aliphatic rings. The molecule has 0 aromatic carbocycles. The number of hydrogen-bond donors (Lipinski definition) is 1. The first-order valence-corrected chi connectivity index (χ1v) is 6.71. The van der Waals surface area contributed by atoms with E-state index in [1.54, 1.807) is 0 Å². The second-order valence-corrected chi connectivity index (χ2v) is 5.54. The van der Waals surface area contributed by atoms with E-state index in [1.807, 2.05) is 22.7 Å². The molecule has 2 aromatic rings. The van der Waals surface area contributed by atoms with Crippen LogP contribution in [0.2, 0.25) is 0 Å². The van der Waals surface area contributed by atoms with Crippen LogP contribution in [-0.4, -0.2) is 6.54 Å². The lowest BCUT2D eigenvalue weighted by atomic mass is 10.2. The van der Waals surface area contributed by atoms with Crippen LogP contribution in [0.5, 0.6) is 0 Å². The highest BCUT2D eigenvalue weighted by atomic mass is 32.1. The fraction of sp³-hybridized carbons (Fsp3) is 0.455. The highest BCUT2D eigenvalue weighted by Crippen LogP contribution is 2.33. The molecule has 1 N–H and O–H groups in total. The lowest BCUT2D eigenvalue weighted by molar-refractivity contribution is 0.578. The fourth-order valence-corrected chi connectivity index (χ4v) is 3.61. The summed E-state index contributed by atoms with van der Waals surface area (Å²) < 4.78 is 2.85. The summed E-state index contributed by atoms with van der Waals surface area (Å²) in [5.41, 5.74) is 0. The number of fused-ring (bicyclic) bond motifs is 1. The maximum Gasteiger partial charge on any atom is 0.0454 e. The fourth-order valence-electron chi connectivity index (χ4n) is 1.46. The van der Waals surface area contributed by atoms with E-state index in [0.29, 0.717) is 6.04 Å². The first-order chi connectivity index (χ1) is 6.81. The Bertz CT molecular complexity index is 373. The van der Waals surface area contributed by atoms with Gasteiger partial charge in [0.1, 0.15) is 0 Å². The summed E-state index contributed by atoms with van der Waals surface area (Å²) in [7, 11) is 0. The van der Waals surface area contributed by atoms with Gasteiger partial charge in [0.2, 0.25) is 0 Å². The van der Waals surface area contributed by atoms with Crippen LogP contribution in [0.25, 0.3) is 9.40 Å². The third-order valence-electron chi connectivity index (χ3n) is 2.29. The van der Waals surface area contributed by atoms with Gasteiger partial charge in [-0.15, -0.1) is 22.7 Å². The Morgan fingerprint density at radius 1 is 1.43 bits per heavy atom. The summed E-state index contributed by atoms with van der Waals surface area (Å²) in [6, 6.07) is 5.03. The Morgan fingerprint density at radius 3 is 3.00 bits per heavy atom. The highest BCUT2D eigenvalue weighted by molar-refractivity contribution is 7.26. The van der Waals surface area contributed by atoms with Crippen LogP contribution in [0.15, 0.2) is 17.5 Å². The normalized spacial score (nSPS) is 13.6. The average Bonchev–Trinajstić information content (AvgIpc) is 2.72. The van der Waals surface area contributed by atoms with Gasteiger partial charge in [-0.25, -0.2) is 0 Å². The number of rotatable bonds is 4. The third-order valence-corrected chi connectivity index (χ3v) is 4.56. The van der Waals surface area contributed by atoms with Crippen LogP contribution in [0.3, 0.4) is 0 Å². The van der Waals surface area contributed by atoms with Gasteiger partial charge in [0.15, 0.2) is 0 Å². The third kappa shape index (κ3) is 2.00. The molecule has 76 valence electrons. The van der Waals surface area contributed by atoms with Gasteiger partial charge in [-0.2, -0.15) is 0 Å². The summed E-state index contributed by atoms with van der Waals surface area (Å²) in [4.78, 5) is 1.46. The first kappa shape index (κ1) is 10.1. The summed E-state index contributed by atoms with van der Waals surface area (Å²) in [5.74, 6) is 0. The molecule has 2 heterocycles. The van der Waals surface area contributed by atoms with Crippen molar-refractivity contribution >= 4 is 32.1 Å². The second-order valence-electron chi connectivity index (χ2n) is 3.47. The second kappa shape index (κ2) is 4.43. The minimum atomic E-state index is 0.500. The molecule has 0 radical (unpaired) electrons. The van der Waals surface area contributed by atoms with Crippen molar-refractivity contribution < 1.29 is 0 Å². The number of hydrogen-bond acceptors (Lipinski definition) is 3. The molecular weight excluding hydrogens is 210 g/mol. The molecule has 2 aromatic heterocycles. The van der Waals surface area contributed by atoms with Crippen molar-refractivity contribution in [2.24, 2.45) is 0 Å². The minimum absolute atomic E-state index is 0.500. The largest absolute Gasteiger partial charge is 0.309 e. The van der Waals surface area contributed by atoms with Crippen molar-refractivity contribution in [3.63, 3.8) is 0 Å². The molecular formula is C11H15NS2. The monoisotopic (exact) mass is 225 g/mol. The number of thiophene rings is 2. The van der Waals surface area contributed by atoms with E-state index in [-0.39, 0.29) is 0 Å². The molecule has 0 amide bonds. The van der Waals surface area contributed by atoms with Crippen LogP contribution < -0.4 is 5.32 Å². The van der Waals surface area contributed by atoms with Gasteiger partial charge in [-0.05, 0) is 37.4 Å². The smallest absolute Gasteiger partial charge is 0.0454 e. The van der Waals surface area contributed by atoms with Gasteiger partial charge in [0.05, 0.1) is 0 Å². The van der Waals surface area contributed by atoms with Crippen molar-refractivity contribution in [2.75, 3.05) is 6.54 Å². The van der Waals surface area contributed by atoms with Gasteiger partial charge >= 0.3 is 0 Å². The van der Waals surface area contributed by atoms with Gasteiger partial charge in [0, 0.05) is 20.3 Å². The minimum Gasteiger partial charge on any atom is -0.309 e. The molecule has 0 saturated carbocycles. The van der Waals surface area contributed by atoms with Gasteiger partial charge in [-0.3, -0.25) is 0 Å². The first-order valence-electron chi connectivity index (χ1n) is 5.01. The van der Waals surface area contributed by atoms with Crippen molar-refractivity contribution in [1.82, 2.24) is 5.32 Å². The zero-order chi connectivity index (χ0) is 9.97. The molecule has 14 heavy (non-hydrogen) atoms. The zero-order valence-corrected chi connectivity index (χ0v) is 10.2. The lowest BCUT2D eigenvalue weighted by Crippen LogP contribution is -2.18. The molecule has 2 rings (SSSR count). The van der Waals surface area contributed by atoms with Crippen LogP contribution in [-0.2, 0) is 0 Å². The van der Waals surface area contributed by atoms with Gasteiger partial charge in [0.25, 0.3) is 0 Å². The molecule has 3 heteroatoms. The summed E-state index contributed by atoms with van der Waals surface area (Å²) in [6.45, 7) is 5.55. The summed E-state index contributed by atoms with van der Waals surface area (Å²) in [6.07, 6.45) is 1.20. The molecule has 1 nitrogen and oxygen atoms in total. The van der Waals surface area contributed by atoms with E-state index in [1.165, 1.54) is 20.7 Å². The van der Waals surface area contributed by atoms with E-state index < -0.39 is 0 Å². The summed E-state index contributed by atoms with van der Waals surface area (Å²) >= 11 is 3.74. The van der Waals surface area contributed by atoms with Crippen molar-refractivity contribution in [3.8, 4) is 0 Å². The van der Waals surface area contributed by atoms with E-state index in [9.17, 15) is 0 Å². The summed E-state index contributed by atoms with van der Waals surface area (Å²) in [5, 5.41) is 5.68. The van der Waals surface area contributed by atoms with Crippen LogP contribution in [0, 0.1) is 0 Å². The van der Waals surface area contributed by atoms with Crippen LogP contribution in [0.4, 0.5) is 0 Å². The van der Waals surface area contributed by atoms with E-state index in [0.717, 1.165) is 6.54 Å². The number of nitrogens with one attached hydrogen (secondary N) is 1. The van der Waals surface area contributed by atoms with Crippen LogP contribution in [0.1, 0.15) is 31.2 Å². The Kier molecular flexibility index (Phi) is 3.21. The molecule has 0 saturated heterocycles. The highest BCUT2D eigenvalue weighted by Gasteiger charge is 2.08. The maximum atomic E-state index is 3.51. The topological polar surface area (TPSA) is 12.0 Å². The van der Waals surface area contributed by atoms with Gasteiger partial charge in [-0.1, -0.05) is 6.92 Å². The lowest BCUT2D eigenvalue weighted by Gasteiger charge is -2.10. The molecule has 0 aliphatic carbocycles. The maximum absolute atomic E-state index is 3.51. The quantitative estimate of drug-likeness (QED) is 0.828. The Labute approximate surface area is 92.8 Å². The Morgan fingerprint density at radius 2 is 2.29 bits per heavy atom. The van der Waals surface area contributed by atoms with E-state index in [2.05, 4.69) is 36.7 Å². The van der Waals surface area contributed by atoms with Gasteiger partial charge < -0.3 is 5.32 Å². The average molecular weight is 225 g/mol. The standard InChI is InChI=1S/C11H15NS2/c1-3-5-12-8(2)10-7-11-9(14-10)4-6-13-11/h4,6-8,12H,3,5H2,1-2H3. The predicted molar refractivity (Wildman–Crippen MR) is 66.4 cm³/mol. The molecule has 0 bridgehead atoms. The van der Waals surface area contributed by atoms with E-state index in [4.69, 9.17) is 0 Å². The zero-order valence-electron chi connectivity index (χ0n) is 8.54. The van der Waals surface area contributed by atoms with Crippen molar-refractivity contribution in [3.05, 3.63) is 22.4 Å². The van der Waals surface area contributed by atoms with Crippen molar-refractivity contribution in [2.45, 2.75) is 26.3 Å². The molecule has 1 atom stereocenters. The molecule has 0 spiro atoms. The van der Waals surface area contributed by atoms with E-state index >= 15 is 0 Å². The van der Waals surface area contributed by atoms with Crippen LogP contribution >= 0.6 is 22.7 Å². The SMILES string of the molecule is CCCNC(C)c1cc2sccc2s1. The Balaban J connectivity index is 2.13. The molecule has 0 aliphatic heterocycles. The Hall–Kier alpha value is -0.380. The molecule has 0 fully saturated rings. The predicted octanol–water partition coefficient (Wildman–Crippen LogP) is 4.02.